The van der Waals surface area contributed by atoms with Crippen LogP contribution in [0.1, 0.15) is 25.0 Å². The predicted molar refractivity (Wildman–Crippen MR) is 72.2 cm³/mol. The summed E-state index contributed by atoms with van der Waals surface area (Å²) in [6.45, 7) is 6.51. The Morgan fingerprint density at radius 3 is 2.06 bits per heavy atom. The molecule has 1 aromatic rings. The van der Waals surface area contributed by atoms with Crippen molar-refractivity contribution in [1.29, 1.82) is 0 Å². The lowest BCUT2D eigenvalue weighted by Gasteiger charge is -2.17. The predicted octanol–water partition coefficient (Wildman–Crippen LogP) is 2.78. The number of nitrogens with one attached hydrogen (secondary N) is 1. The maximum atomic E-state index is 3.57. The molecule has 2 nitrogen and oxygen atoms in total. The van der Waals surface area contributed by atoms with Crippen molar-refractivity contribution in [3.8, 4) is 0 Å². The molecule has 0 saturated carbocycles. The molecule has 0 aromatic heterocycles. The average molecular weight is 220 g/mol. The van der Waals surface area contributed by atoms with Gasteiger partial charge in [-0.2, -0.15) is 0 Å². The molecule has 0 spiro atoms. The monoisotopic (exact) mass is 220 g/mol. The molecule has 16 heavy (non-hydrogen) atoms. The van der Waals surface area contributed by atoms with E-state index in [1.165, 1.54) is 16.8 Å². The standard InChI is InChI=1S/C14H24N2/c1-5-12-8-7-9-13(6-2)14(12)15-10-11-16(3)4/h7-9,15H,5-6,10-11H2,1-4H3. The zero-order valence-corrected chi connectivity index (χ0v) is 11.0. The Hall–Kier alpha value is -1.02. The zero-order chi connectivity index (χ0) is 12.0. The average Bonchev–Trinajstić information content (AvgIpc) is 2.28. The summed E-state index contributed by atoms with van der Waals surface area (Å²) in [5.41, 5.74) is 4.21. The Morgan fingerprint density at radius 1 is 1.06 bits per heavy atom. The van der Waals surface area contributed by atoms with Crippen molar-refractivity contribution in [3.63, 3.8) is 0 Å². The Kier molecular flexibility index (Phi) is 5.33. The van der Waals surface area contributed by atoms with Gasteiger partial charge in [-0.15, -0.1) is 0 Å². The van der Waals surface area contributed by atoms with E-state index in [2.05, 4.69) is 56.4 Å². The molecule has 0 radical (unpaired) electrons. The molecule has 90 valence electrons. The van der Waals surface area contributed by atoms with Gasteiger partial charge in [0, 0.05) is 18.8 Å². The summed E-state index contributed by atoms with van der Waals surface area (Å²) in [5.74, 6) is 0. The highest BCUT2D eigenvalue weighted by atomic mass is 15.1. The minimum absolute atomic E-state index is 1.01. The molecular formula is C14H24N2. The number of hydrogen-bond acceptors (Lipinski definition) is 2. The van der Waals surface area contributed by atoms with Crippen LogP contribution in [0.4, 0.5) is 5.69 Å². The first-order valence-corrected chi connectivity index (χ1v) is 6.18. The Labute approximate surface area is 99.7 Å². The molecule has 0 unspecified atom stereocenters. The Bertz CT molecular complexity index is 296. The summed E-state index contributed by atoms with van der Waals surface area (Å²) in [7, 11) is 4.21. The third-order valence-corrected chi connectivity index (χ3v) is 2.86. The van der Waals surface area contributed by atoms with E-state index in [0.29, 0.717) is 0 Å². The van der Waals surface area contributed by atoms with Gasteiger partial charge in [0.2, 0.25) is 0 Å². The van der Waals surface area contributed by atoms with Crippen molar-refractivity contribution in [3.05, 3.63) is 29.3 Å². The largest absolute Gasteiger partial charge is 0.383 e. The lowest BCUT2D eigenvalue weighted by molar-refractivity contribution is 0.425. The van der Waals surface area contributed by atoms with Crippen LogP contribution >= 0.6 is 0 Å². The summed E-state index contributed by atoms with van der Waals surface area (Å²) < 4.78 is 0. The second kappa shape index (κ2) is 6.54. The second-order valence-corrected chi connectivity index (χ2v) is 4.39. The molecule has 2 heteroatoms. The molecular weight excluding hydrogens is 196 g/mol. The molecule has 0 amide bonds. The lowest BCUT2D eigenvalue weighted by atomic mass is 10.0. The van der Waals surface area contributed by atoms with E-state index in [9.17, 15) is 0 Å². The number of para-hydroxylation sites is 1. The van der Waals surface area contributed by atoms with Gasteiger partial charge in [-0.1, -0.05) is 32.0 Å². The molecule has 0 aliphatic heterocycles. The molecule has 0 bridgehead atoms. The van der Waals surface area contributed by atoms with Crippen molar-refractivity contribution in [1.82, 2.24) is 4.90 Å². The van der Waals surface area contributed by atoms with Crippen molar-refractivity contribution in [2.75, 3.05) is 32.5 Å². The number of rotatable bonds is 6. The van der Waals surface area contributed by atoms with Gasteiger partial charge in [-0.3, -0.25) is 0 Å². The first-order valence-electron chi connectivity index (χ1n) is 6.18. The zero-order valence-electron chi connectivity index (χ0n) is 11.0. The topological polar surface area (TPSA) is 15.3 Å². The van der Waals surface area contributed by atoms with Gasteiger partial charge in [0.15, 0.2) is 0 Å². The normalized spacial score (nSPS) is 10.8. The SMILES string of the molecule is CCc1cccc(CC)c1NCCN(C)C. The Balaban J connectivity index is 2.74. The first kappa shape index (κ1) is 13.0. The van der Waals surface area contributed by atoms with Crippen molar-refractivity contribution in [2.45, 2.75) is 26.7 Å². The third-order valence-electron chi connectivity index (χ3n) is 2.86. The summed E-state index contributed by atoms with van der Waals surface area (Å²) in [6.07, 6.45) is 2.19. The summed E-state index contributed by atoms with van der Waals surface area (Å²) in [4.78, 5) is 2.20. The highest BCUT2D eigenvalue weighted by Gasteiger charge is 2.04. The highest BCUT2D eigenvalue weighted by Crippen LogP contribution is 2.22. The minimum Gasteiger partial charge on any atom is -0.383 e. The van der Waals surface area contributed by atoms with Gasteiger partial charge in [0.05, 0.1) is 0 Å². The summed E-state index contributed by atoms with van der Waals surface area (Å²) in [5, 5.41) is 3.57. The highest BCUT2D eigenvalue weighted by molar-refractivity contribution is 5.57. The summed E-state index contributed by atoms with van der Waals surface area (Å²) in [6, 6.07) is 6.60. The number of aryl methyl sites for hydroxylation is 2. The van der Waals surface area contributed by atoms with Crippen LogP contribution < -0.4 is 5.32 Å². The molecule has 0 aliphatic carbocycles. The van der Waals surface area contributed by atoms with Gasteiger partial charge in [0.1, 0.15) is 0 Å². The maximum Gasteiger partial charge on any atom is 0.0405 e. The van der Waals surface area contributed by atoms with Crippen LogP contribution in [-0.2, 0) is 12.8 Å². The third kappa shape index (κ3) is 3.53. The van der Waals surface area contributed by atoms with Crippen molar-refractivity contribution >= 4 is 5.69 Å². The van der Waals surface area contributed by atoms with E-state index in [1.54, 1.807) is 0 Å². The Morgan fingerprint density at radius 2 is 1.62 bits per heavy atom. The molecule has 0 atom stereocenters. The van der Waals surface area contributed by atoms with E-state index >= 15 is 0 Å². The van der Waals surface area contributed by atoms with Crippen LogP contribution in [0.3, 0.4) is 0 Å². The van der Waals surface area contributed by atoms with Gasteiger partial charge in [0.25, 0.3) is 0 Å². The van der Waals surface area contributed by atoms with Gasteiger partial charge >= 0.3 is 0 Å². The van der Waals surface area contributed by atoms with Crippen LogP contribution in [0, 0.1) is 0 Å². The molecule has 1 rings (SSSR count). The van der Waals surface area contributed by atoms with Crippen LogP contribution in [0.2, 0.25) is 0 Å². The fraction of sp³-hybridized carbons (Fsp3) is 0.571. The smallest absolute Gasteiger partial charge is 0.0405 e. The fourth-order valence-corrected chi connectivity index (χ4v) is 1.87. The first-order chi connectivity index (χ1) is 7.69. The molecule has 1 N–H and O–H groups in total. The molecule has 0 heterocycles. The van der Waals surface area contributed by atoms with E-state index in [0.717, 1.165) is 25.9 Å². The van der Waals surface area contributed by atoms with Gasteiger partial charge in [-0.25, -0.2) is 0 Å². The van der Waals surface area contributed by atoms with Gasteiger partial charge < -0.3 is 10.2 Å². The number of nitrogens with zero attached hydrogens (tertiary/aromatic N) is 1. The molecule has 0 aliphatic rings. The van der Waals surface area contributed by atoms with E-state index in [4.69, 9.17) is 0 Å². The van der Waals surface area contributed by atoms with Crippen molar-refractivity contribution in [2.24, 2.45) is 0 Å². The molecule has 0 fully saturated rings. The van der Waals surface area contributed by atoms with E-state index < -0.39 is 0 Å². The van der Waals surface area contributed by atoms with Crippen LogP contribution in [0.5, 0.6) is 0 Å². The fourth-order valence-electron chi connectivity index (χ4n) is 1.87. The minimum atomic E-state index is 1.01. The lowest BCUT2D eigenvalue weighted by Crippen LogP contribution is -2.21. The van der Waals surface area contributed by atoms with Gasteiger partial charge in [-0.05, 0) is 38.1 Å². The van der Waals surface area contributed by atoms with Crippen molar-refractivity contribution < 1.29 is 0 Å². The maximum absolute atomic E-state index is 3.57. The van der Waals surface area contributed by atoms with E-state index in [1.807, 2.05) is 0 Å². The van der Waals surface area contributed by atoms with Crippen LogP contribution in [0.25, 0.3) is 0 Å². The van der Waals surface area contributed by atoms with E-state index in [-0.39, 0.29) is 0 Å². The second-order valence-electron chi connectivity index (χ2n) is 4.39. The quantitative estimate of drug-likeness (QED) is 0.793. The number of likely N-dealkylation sites (N-methyl/N-ethyl adjacent to an activating group) is 1. The number of anilines is 1. The molecule has 0 saturated heterocycles. The number of hydrogen-bond donors (Lipinski definition) is 1. The number of benzene rings is 1. The van der Waals surface area contributed by atoms with Crippen LogP contribution in [0.15, 0.2) is 18.2 Å². The van der Waals surface area contributed by atoms with Crippen LogP contribution in [-0.4, -0.2) is 32.1 Å². The molecule has 1 aromatic carbocycles. The summed E-state index contributed by atoms with van der Waals surface area (Å²) >= 11 is 0.